The van der Waals surface area contributed by atoms with Crippen molar-refractivity contribution in [1.82, 2.24) is 5.32 Å². The third-order valence-electron chi connectivity index (χ3n) is 9.21. The third-order valence-corrected chi connectivity index (χ3v) is 9.21. The van der Waals surface area contributed by atoms with E-state index in [4.69, 9.17) is 24.7 Å². The Morgan fingerprint density at radius 3 is 1.55 bits per heavy atom. The molecular weight excluding hydrogens is 588 g/mol. The Morgan fingerprint density at radius 2 is 1.06 bits per heavy atom. The monoisotopic (exact) mass is 671 g/mol. The lowest BCUT2D eigenvalue weighted by Crippen LogP contribution is -2.53. The molecule has 0 aromatic rings. The number of carbonyl (C=O) groups excluding carboxylic acids is 1. The lowest BCUT2D eigenvalue weighted by atomic mass is 9.88. The normalized spacial score (nSPS) is 13.5. The highest BCUT2D eigenvalue weighted by Gasteiger charge is 2.30. The van der Waals surface area contributed by atoms with E-state index in [9.17, 15) is 4.79 Å². The lowest BCUT2D eigenvalue weighted by Gasteiger charge is -2.33. The lowest BCUT2D eigenvalue weighted by molar-refractivity contribution is -0.0481. The molecule has 0 saturated carbocycles. The second-order valence-electron chi connectivity index (χ2n) is 15.5. The van der Waals surface area contributed by atoms with Crippen LogP contribution in [-0.2, 0) is 18.9 Å². The molecule has 0 aromatic heterocycles. The number of carbonyl (C=O) groups is 1. The molecule has 0 bridgehead atoms. The van der Waals surface area contributed by atoms with Crippen LogP contribution in [0.25, 0.3) is 0 Å². The van der Waals surface area contributed by atoms with E-state index in [1.807, 2.05) is 13.8 Å². The van der Waals surface area contributed by atoms with Crippen LogP contribution in [0, 0.1) is 10.8 Å². The van der Waals surface area contributed by atoms with Crippen molar-refractivity contribution in [3.05, 3.63) is 0 Å². The number of ether oxygens (including phenoxy) is 4. The number of amides is 1. The van der Waals surface area contributed by atoms with Crippen molar-refractivity contribution in [2.24, 2.45) is 16.6 Å². The van der Waals surface area contributed by atoms with Gasteiger partial charge in [0.25, 0.3) is 0 Å². The molecule has 0 aliphatic carbocycles. The quantitative estimate of drug-likeness (QED) is 0.0515. The van der Waals surface area contributed by atoms with E-state index in [0.29, 0.717) is 26.4 Å². The molecule has 0 rings (SSSR count). The van der Waals surface area contributed by atoms with Crippen LogP contribution in [-0.4, -0.2) is 58.0 Å². The summed E-state index contributed by atoms with van der Waals surface area (Å²) in [5.74, 6) is 0. The summed E-state index contributed by atoms with van der Waals surface area (Å²) in [7, 11) is 0. The number of hydrogen-bond acceptors (Lipinski definition) is 6. The maximum Gasteiger partial charge on any atom is 0.408 e. The molecule has 1 amide bonds. The van der Waals surface area contributed by atoms with Gasteiger partial charge in [0.05, 0.1) is 26.0 Å². The van der Waals surface area contributed by atoms with E-state index in [1.165, 1.54) is 116 Å². The number of hydrogen-bond donors (Lipinski definition) is 2. The Kier molecular flexibility index (Phi) is 30.5. The second-order valence-corrected chi connectivity index (χ2v) is 15.5. The topological polar surface area (TPSA) is 92.0 Å². The fraction of sp³-hybridized carbons (Fsp3) is 0.975. The van der Waals surface area contributed by atoms with Crippen molar-refractivity contribution in [1.29, 1.82) is 0 Å². The van der Waals surface area contributed by atoms with Crippen LogP contribution in [0.2, 0.25) is 0 Å². The van der Waals surface area contributed by atoms with Gasteiger partial charge in [0.1, 0.15) is 12.7 Å². The third kappa shape index (κ3) is 29.7. The summed E-state index contributed by atoms with van der Waals surface area (Å²) in [5.41, 5.74) is 6.07. The Balaban J connectivity index is 4.48. The van der Waals surface area contributed by atoms with Gasteiger partial charge in [0.2, 0.25) is 0 Å². The molecule has 47 heavy (non-hydrogen) atoms. The van der Waals surface area contributed by atoms with Gasteiger partial charge in [-0.25, -0.2) is 4.79 Å². The molecule has 0 spiro atoms. The Hall–Kier alpha value is -0.890. The molecule has 7 heteroatoms. The van der Waals surface area contributed by atoms with E-state index >= 15 is 0 Å². The summed E-state index contributed by atoms with van der Waals surface area (Å²) in [6.07, 6.45) is 26.7. The molecular formula is C40H82N2O5. The second kappa shape index (κ2) is 31.1. The molecule has 0 radical (unpaired) electrons. The zero-order valence-corrected chi connectivity index (χ0v) is 32.6. The summed E-state index contributed by atoms with van der Waals surface area (Å²) < 4.78 is 23.8. The standard InChI is InChI=1S/C40H82N2O5/c1-8-11-13-15-17-19-21-23-25-27-30-44-32-36(46-31-28-26-24-22-20-18-16-14-12-9-2)33-47-38(43)42-37(41)40(6,7)35-45-34-39(4,5)29-10-3/h36-37H,8-35,41H2,1-7H3,(H,42,43). The van der Waals surface area contributed by atoms with Crippen LogP contribution in [0.1, 0.15) is 190 Å². The molecule has 2 atom stereocenters. The van der Waals surface area contributed by atoms with Gasteiger partial charge in [-0.3, -0.25) is 0 Å². The fourth-order valence-corrected chi connectivity index (χ4v) is 5.85. The summed E-state index contributed by atoms with van der Waals surface area (Å²) in [4.78, 5) is 12.7. The predicted molar refractivity (Wildman–Crippen MR) is 200 cm³/mol. The molecule has 0 saturated heterocycles. The molecule has 0 aromatic carbocycles. The minimum absolute atomic E-state index is 0.125. The van der Waals surface area contributed by atoms with Crippen molar-refractivity contribution in [3.8, 4) is 0 Å². The SMILES string of the molecule is CCCCCCCCCCCCOCC(COC(=O)NC(N)C(C)(C)COCC(C)(C)CCC)OCCCCCCCCCCCC. The van der Waals surface area contributed by atoms with Crippen LogP contribution in [0.3, 0.4) is 0 Å². The van der Waals surface area contributed by atoms with Gasteiger partial charge in [-0.1, -0.05) is 170 Å². The van der Waals surface area contributed by atoms with Crippen molar-refractivity contribution >= 4 is 6.09 Å². The first-order valence-corrected chi connectivity index (χ1v) is 20.0. The number of alkyl carbamates (subject to hydrolysis) is 1. The van der Waals surface area contributed by atoms with E-state index < -0.39 is 17.7 Å². The first kappa shape index (κ1) is 46.1. The summed E-state index contributed by atoms with van der Waals surface area (Å²) in [5, 5.41) is 2.82. The fourth-order valence-electron chi connectivity index (χ4n) is 5.85. The van der Waals surface area contributed by atoms with Crippen molar-refractivity contribution in [2.75, 3.05) is 39.6 Å². The number of nitrogens with two attached hydrogens (primary N) is 1. The van der Waals surface area contributed by atoms with Gasteiger partial charge >= 0.3 is 6.09 Å². The van der Waals surface area contributed by atoms with Crippen LogP contribution < -0.4 is 11.1 Å². The highest BCUT2D eigenvalue weighted by molar-refractivity contribution is 5.67. The zero-order chi connectivity index (χ0) is 35.1. The molecule has 2 unspecified atom stereocenters. The van der Waals surface area contributed by atoms with Gasteiger partial charge in [-0.15, -0.1) is 0 Å². The molecule has 282 valence electrons. The van der Waals surface area contributed by atoms with Crippen LogP contribution in [0.5, 0.6) is 0 Å². The maximum atomic E-state index is 12.7. The highest BCUT2D eigenvalue weighted by atomic mass is 16.6. The van der Waals surface area contributed by atoms with E-state index in [-0.39, 0.29) is 18.1 Å². The zero-order valence-electron chi connectivity index (χ0n) is 32.6. The largest absolute Gasteiger partial charge is 0.447 e. The Morgan fingerprint density at radius 1 is 0.596 bits per heavy atom. The van der Waals surface area contributed by atoms with Crippen LogP contribution in [0.4, 0.5) is 4.79 Å². The van der Waals surface area contributed by atoms with E-state index in [2.05, 4.69) is 39.9 Å². The molecule has 0 aliphatic heterocycles. The predicted octanol–water partition coefficient (Wildman–Crippen LogP) is 11.1. The Labute approximate surface area is 292 Å². The van der Waals surface area contributed by atoms with Gasteiger partial charge < -0.3 is 30.0 Å². The first-order valence-electron chi connectivity index (χ1n) is 20.0. The van der Waals surface area contributed by atoms with Crippen molar-refractivity contribution in [2.45, 2.75) is 202 Å². The summed E-state index contributed by atoms with van der Waals surface area (Å²) >= 11 is 0. The molecule has 0 fully saturated rings. The highest BCUT2D eigenvalue weighted by Crippen LogP contribution is 2.25. The number of nitrogens with one attached hydrogen (secondary N) is 1. The average Bonchev–Trinajstić information content (AvgIpc) is 3.02. The minimum atomic E-state index is -0.595. The van der Waals surface area contributed by atoms with Crippen LogP contribution >= 0.6 is 0 Å². The van der Waals surface area contributed by atoms with E-state index in [1.54, 1.807) is 0 Å². The van der Waals surface area contributed by atoms with Crippen molar-refractivity contribution < 1.29 is 23.7 Å². The smallest absolute Gasteiger partial charge is 0.408 e. The summed E-state index contributed by atoms with van der Waals surface area (Å²) in [6, 6.07) is 0. The maximum absolute atomic E-state index is 12.7. The van der Waals surface area contributed by atoms with E-state index in [0.717, 1.165) is 32.3 Å². The summed E-state index contributed by atoms with van der Waals surface area (Å²) in [6.45, 7) is 18.2. The molecule has 3 N–H and O–H groups in total. The first-order chi connectivity index (χ1) is 22.6. The van der Waals surface area contributed by atoms with Gasteiger partial charge in [-0.05, 0) is 24.7 Å². The molecule has 0 aliphatic rings. The molecule has 7 nitrogen and oxygen atoms in total. The number of rotatable bonds is 35. The van der Waals surface area contributed by atoms with Crippen LogP contribution in [0.15, 0.2) is 0 Å². The molecule has 0 heterocycles. The Bertz CT molecular complexity index is 688. The average molecular weight is 671 g/mol. The van der Waals surface area contributed by atoms with Crippen molar-refractivity contribution in [3.63, 3.8) is 0 Å². The minimum Gasteiger partial charge on any atom is -0.447 e. The van der Waals surface area contributed by atoms with Gasteiger partial charge in [-0.2, -0.15) is 0 Å². The number of unbranched alkanes of at least 4 members (excludes halogenated alkanes) is 18. The van der Waals surface area contributed by atoms with Gasteiger partial charge in [0.15, 0.2) is 0 Å². The van der Waals surface area contributed by atoms with Gasteiger partial charge in [0, 0.05) is 18.6 Å².